The first-order chi connectivity index (χ1) is 13.6. The lowest BCUT2D eigenvalue weighted by Crippen LogP contribution is -2.11. The number of hydrogen-bond acceptors (Lipinski definition) is 8. The highest BCUT2D eigenvalue weighted by Crippen LogP contribution is 2.38. The number of aryl methyl sites for hydroxylation is 1. The van der Waals surface area contributed by atoms with Crippen LogP contribution >= 0.6 is 0 Å². The fourth-order valence-corrected chi connectivity index (χ4v) is 3.05. The highest BCUT2D eigenvalue weighted by Gasteiger charge is 2.16. The normalized spacial score (nSPS) is 11.8. The van der Waals surface area contributed by atoms with Crippen LogP contribution in [0.2, 0.25) is 0 Å². The Kier molecular flexibility index (Phi) is 5.05. The number of aromatic nitrogens is 1. The zero-order chi connectivity index (χ0) is 21.3. The molecule has 0 unspecified atom stereocenters. The van der Waals surface area contributed by atoms with Gasteiger partial charge in [-0.25, -0.2) is 13.6 Å². The van der Waals surface area contributed by atoms with Gasteiger partial charge in [0.05, 0.1) is 9.82 Å². The Balaban J connectivity index is 1.97. The van der Waals surface area contributed by atoms with Crippen molar-refractivity contribution in [2.45, 2.75) is 11.8 Å². The number of phenols is 1. The molecule has 2 aromatic carbocycles. The number of benzene rings is 2. The maximum absolute atomic E-state index is 11.4. The van der Waals surface area contributed by atoms with Crippen molar-refractivity contribution >= 4 is 27.1 Å². The Morgan fingerprint density at radius 3 is 2.34 bits per heavy atom. The van der Waals surface area contributed by atoms with Gasteiger partial charge in [-0.05, 0) is 42.8 Å². The summed E-state index contributed by atoms with van der Waals surface area (Å²) in [4.78, 5) is 10.1. The van der Waals surface area contributed by atoms with Crippen LogP contribution in [0.25, 0.3) is 5.69 Å². The van der Waals surface area contributed by atoms with Crippen molar-refractivity contribution in [1.82, 2.24) is 4.57 Å². The molecule has 0 radical (unpaired) electrons. The first-order valence-corrected chi connectivity index (χ1v) is 9.56. The van der Waals surface area contributed by atoms with Crippen LogP contribution in [0.5, 0.6) is 11.6 Å². The molecule has 0 saturated heterocycles. The molecular weight excluding hydrogens is 402 g/mol. The molecule has 29 heavy (non-hydrogen) atoms. The van der Waals surface area contributed by atoms with Crippen LogP contribution < -0.4 is 5.14 Å². The van der Waals surface area contributed by atoms with E-state index in [0.29, 0.717) is 11.3 Å². The van der Waals surface area contributed by atoms with E-state index in [1.807, 2.05) is 0 Å². The number of rotatable bonds is 5. The van der Waals surface area contributed by atoms with Crippen molar-refractivity contribution in [2.75, 3.05) is 0 Å². The summed E-state index contributed by atoms with van der Waals surface area (Å²) < 4.78 is 24.1. The van der Waals surface area contributed by atoms with Crippen LogP contribution in [-0.2, 0) is 10.0 Å². The van der Waals surface area contributed by atoms with E-state index in [1.165, 1.54) is 28.8 Å². The predicted octanol–water partition coefficient (Wildman–Crippen LogP) is 3.17. The van der Waals surface area contributed by atoms with E-state index in [9.17, 15) is 28.7 Å². The molecule has 150 valence electrons. The largest absolute Gasteiger partial charge is 0.506 e. The van der Waals surface area contributed by atoms with E-state index in [4.69, 9.17) is 5.14 Å². The minimum absolute atomic E-state index is 0.0754. The third kappa shape index (κ3) is 4.07. The number of sulfonamides is 1. The number of aromatic hydroxyl groups is 2. The zero-order valence-corrected chi connectivity index (χ0v) is 15.7. The molecule has 1 aromatic heterocycles. The van der Waals surface area contributed by atoms with E-state index < -0.39 is 14.9 Å². The number of phenolic OH excluding ortho intramolecular Hbond substituents is 1. The molecule has 0 fully saturated rings. The number of nitrogens with zero attached hydrogens (tertiary/aromatic N) is 4. The highest BCUT2D eigenvalue weighted by atomic mass is 32.2. The molecular formula is C17H15N5O6S. The number of nitrogens with two attached hydrogens (primary N) is 1. The Labute approximate surface area is 164 Å². The van der Waals surface area contributed by atoms with Crippen molar-refractivity contribution in [3.63, 3.8) is 0 Å². The SMILES string of the molecule is Cc1cn(-c2ccc(S(N)(=O)=O)cc2)c(O)c1N=Nc1cc([N+](=O)[O-])ccc1O. The molecule has 0 spiro atoms. The molecule has 0 aliphatic carbocycles. The first-order valence-electron chi connectivity index (χ1n) is 8.01. The number of non-ortho nitro benzene ring substituents is 1. The van der Waals surface area contributed by atoms with Crippen molar-refractivity contribution < 1.29 is 23.6 Å². The van der Waals surface area contributed by atoms with E-state index in [2.05, 4.69) is 10.2 Å². The molecule has 0 bridgehead atoms. The van der Waals surface area contributed by atoms with Gasteiger partial charge in [-0.1, -0.05) is 0 Å². The van der Waals surface area contributed by atoms with Gasteiger partial charge in [-0.3, -0.25) is 14.7 Å². The minimum atomic E-state index is -3.84. The van der Waals surface area contributed by atoms with Gasteiger partial charge >= 0.3 is 0 Å². The Hall–Kier alpha value is -3.77. The fourth-order valence-electron chi connectivity index (χ4n) is 2.53. The van der Waals surface area contributed by atoms with E-state index in [1.54, 1.807) is 13.1 Å². The van der Waals surface area contributed by atoms with Crippen LogP contribution in [-0.4, -0.2) is 28.1 Å². The number of nitro groups is 1. The second-order valence-electron chi connectivity index (χ2n) is 6.02. The van der Waals surface area contributed by atoms with Crippen LogP contribution in [0.15, 0.2) is 63.8 Å². The molecule has 4 N–H and O–H groups in total. The van der Waals surface area contributed by atoms with Crippen LogP contribution in [0.3, 0.4) is 0 Å². The second-order valence-corrected chi connectivity index (χ2v) is 7.58. The van der Waals surface area contributed by atoms with Crippen molar-refractivity contribution in [3.05, 3.63) is 64.3 Å². The van der Waals surface area contributed by atoms with Crippen LogP contribution in [0.1, 0.15) is 5.56 Å². The molecule has 3 aromatic rings. The summed E-state index contributed by atoms with van der Waals surface area (Å²) in [5, 5.41) is 43.9. The summed E-state index contributed by atoms with van der Waals surface area (Å²) >= 11 is 0. The van der Waals surface area contributed by atoms with E-state index >= 15 is 0 Å². The number of primary sulfonamides is 1. The smallest absolute Gasteiger partial charge is 0.271 e. The minimum Gasteiger partial charge on any atom is -0.506 e. The monoisotopic (exact) mass is 417 g/mol. The summed E-state index contributed by atoms with van der Waals surface area (Å²) in [5.41, 5.74) is 0.629. The molecule has 0 amide bonds. The van der Waals surface area contributed by atoms with Gasteiger partial charge < -0.3 is 10.2 Å². The molecule has 11 nitrogen and oxygen atoms in total. The number of hydrogen-bond donors (Lipinski definition) is 3. The molecule has 0 saturated carbocycles. The Morgan fingerprint density at radius 1 is 1.10 bits per heavy atom. The fraction of sp³-hybridized carbons (Fsp3) is 0.0588. The summed E-state index contributed by atoms with van der Waals surface area (Å²) in [6, 6.07) is 8.78. The Bertz CT molecular complexity index is 1230. The highest BCUT2D eigenvalue weighted by molar-refractivity contribution is 7.89. The quantitative estimate of drug-likeness (QED) is 0.326. The standard InChI is InChI=1S/C17H15N5O6S/c1-10-9-21(11-2-5-13(6-3-11)29(18,27)28)17(24)16(10)20-19-14-8-12(22(25)26)4-7-15(14)23/h2-9,23-24H,1H3,(H2,18,27,28). The van der Waals surface area contributed by atoms with Gasteiger partial charge in [0.2, 0.25) is 15.9 Å². The lowest BCUT2D eigenvalue weighted by Gasteiger charge is -2.06. The van der Waals surface area contributed by atoms with Gasteiger partial charge in [-0.15, -0.1) is 10.2 Å². The maximum atomic E-state index is 11.4. The molecule has 1 heterocycles. The lowest BCUT2D eigenvalue weighted by atomic mass is 10.2. The third-order valence-corrected chi connectivity index (χ3v) is 4.94. The van der Waals surface area contributed by atoms with Crippen molar-refractivity contribution in [2.24, 2.45) is 15.4 Å². The van der Waals surface area contributed by atoms with Gasteiger partial charge in [-0.2, -0.15) is 0 Å². The van der Waals surface area contributed by atoms with Crippen molar-refractivity contribution in [1.29, 1.82) is 0 Å². The molecule has 0 aliphatic heterocycles. The molecule has 12 heteroatoms. The summed E-state index contributed by atoms with van der Waals surface area (Å²) in [5.74, 6) is -0.603. The van der Waals surface area contributed by atoms with Crippen LogP contribution in [0.4, 0.5) is 17.1 Å². The first kappa shape index (κ1) is 20.0. The topological polar surface area (TPSA) is 173 Å². The van der Waals surface area contributed by atoms with E-state index in [0.717, 1.165) is 18.2 Å². The number of nitro benzene ring substituents is 1. The molecule has 3 rings (SSSR count). The summed E-state index contributed by atoms with van der Waals surface area (Å²) in [6.45, 7) is 1.65. The van der Waals surface area contributed by atoms with Gasteiger partial charge in [0, 0.05) is 24.0 Å². The van der Waals surface area contributed by atoms with Crippen LogP contribution in [0, 0.1) is 17.0 Å². The molecule has 0 aliphatic rings. The third-order valence-electron chi connectivity index (χ3n) is 4.01. The predicted molar refractivity (Wildman–Crippen MR) is 102 cm³/mol. The second kappa shape index (κ2) is 7.33. The average Bonchev–Trinajstić information content (AvgIpc) is 2.94. The van der Waals surface area contributed by atoms with Gasteiger partial charge in [0.1, 0.15) is 11.4 Å². The summed E-state index contributed by atoms with van der Waals surface area (Å²) in [6.07, 6.45) is 1.54. The lowest BCUT2D eigenvalue weighted by molar-refractivity contribution is -0.384. The zero-order valence-electron chi connectivity index (χ0n) is 14.9. The maximum Gasteiger partial charge on any atom is 0.271 e. The Morgan fingerprint density at radius 2 is 1.76 bits per heavy atom. The number of azo groups is 1. The van der Waals surface area contributed by atoms with Gasteiger partial charge in [0.25, 0.3) is 5.69 Å². The summed E-state index contributed by atoms with van der Waals surface area (Å²) in [7, 11) is -3.84. The average molecular weight is 417 g/mol. The molecule has 0 atom stereocenters. The van der Waals surface area contributed by atoms with Crippen molar-refractivity contribution in [3.8, 4) is 17.3 Å². The van der Waals surface area contributed by atoms with Gasteiger partial charge in [0.15, 0.2) is 5.69 Å². The van der Waals surface area contributed by atoms with E-state index in [-0.39, 0.29) is 33.6 Å².